The molecule has 0 amide bonds. The SMILES string of the molecule is [2H]C1(C)COCC1O[Si](c1ccccc1)(c1ccccc1)C(C)(C)C. The quantitative estimate of drug-likeness (QED) is 0.791. The Morgan fingerprint density at radius 3 is 1.83 bits per heavy atom. The Balaban J connectivity index is 2.19. The van der Waals surface area contributed by atoms with Crippen molar-refractivity contribution in [3.05, 3.63) is 60.7 Å². The molecule has 24 heavy (non-hydrogen) atoms. The average Bonchev–Trinajstić information content (AvgIpc) is 2.91. The highest BCUT2D eigenvalue weighted by atomic mass is 28.4. The van der Waals surface area contributed by atoms with Crippen LogP contribution >= 0.6 is 0 Å². The van der Waals surface area contributed by atoms with Crippen LogP contribution in [0.4, 0.5) is 0 Å². The van der Waals surface area contributed by atoms with Crippen molar-refractivity contribution in [2.24, 2.45) is 5.89 Å². The van der Waals surface area contributed by atoms with Crippen molar-refractivity contribution in [3.63, 3.8) is 0 Å². The third-order valence-electron chi connectivity index (χ3n) is 4.88. The summed E-state index contributed by atoms with van der Waals surface area (Å²) in [4.78, 5) is 0. The van der Waals surface area contributed by atoms with E-state index in [-0.39, 0.29) is 11.1 Å². The van der Waals surface area contributed by atoms with E-state index in [0.29, 0.717) is 13.2 Å². The molecule has 0 bridgehead atoms. The number of hydrogen-bond donors (Lipinski definition) is 0. The molecule has 1 aliphatic heterocycles. The zero-order chi connectivity index (χ0) is 18.1. The number of benzene rings is 2. The highest BCUT2D eigenvalue weighted by molar-refractivity contribution is 6.99. The Kier molecular flexibility index (Phi) is 4.57. The summed E-state index contributed by atoms with van der Waals surface area (Å²) in [6.07, 6.45) is -0.223. The minimum atomic E-state index is -2.60. The van der Waals surface area contributed by atoms with E-state index in [0.717, 1.165) is 0 Å². The van der Waals surface area contributed by atoms with Crippen LogP contribution in [0.25, 0.3) is 0 Å². The lowest BCUT2D eigenvalue weighted by atomic mass is 10.1. The van der Waals surface area contributed by atoms with Gasteiger partial charge in [0.25, 0.3) is 8.32 Å². The topological polar surface area (TPSA) is 18.5 Å². The van der Waals surface area contributed by atoms with Gasteiger partial charge >= 0.3 is 0 Å². The molecule has 2 aromatic rings. The van der Waals surface area contributed by atoms with Crippen LogP contribution < -0.4 is 10.4 Å². The van der Waals surface area contributed by atoms with Gasteiger partial charge < -0.3 is 9.16 Å². The molecule has 1 aliphatic rings. The monoisotopic (exact) mass is 341 g/mol. The van der Waals surface area contributed by atoms with Crippen molar-refractivity contribution >= 4 is 18.7 Å². The van der Waals surface area contributed by atoms with Gasteiger partial charge in [0, 0.05) is 7.26 Å². The summed E-state index contributed by atoms with van der Waals surface area (Å²) in [7, 11) is -2.60. The summed E-state index contributed by atoms with van der Waals surface area (Å²) in [6.45, 7) is 9.62. The maximum Gasteiger partial charge on any atom is 0.261 e. The van der Waals surface area contributed by atoms with Crippen LogP contribution in [0.2, 0.25) is 5.04 Å². The van der Waals surface area contributed by atoms with Crippen LogP contribution in [0, 0.1) is 5.89 Å². The molecule has 1 fully saturated rings. The fourth-order valence-corrected chi connectivity index (χ4v) is 8.31. The molecule has 2 unspecified atom stereocenters. The van der Waals surface area contributed by atoms with Gasteiger partial charge in [-0.15, -0.1) is 0 Å². The predicted molar refractivity (Wildman–Crippen MR) is 102 cm³/mol. The molecular weight excluding hydrogens is 312 g/mol. The number of ether oxygens (including phenoxy) is 1. The Morgan fingerprint density at radius 2 is 1.46 bits per heavy atom. The number of rotatable bonds is 4. The summed E-state index contributed by atoms with van der Waals surface area (Å²) in [6, 6.07) is 21.2. The molecule has 1 heterocycles. The Labute approximate surface area is 148 Å². The Bertz CT molecular complexity index is 655. The van der Waals surface area contributed by atoms with Crippen LogP contribution in [0.15, 0.2) is 60.7 Å². The fourth-order valence-electron chi connectivity index (χ4n) is 3.60. The van der Waals surface area contributed by atoms with Crippen LogP contribution in [-0.4, -0.2) is 27.6 Å². The van der Waals surface area contributed by atoms with Gasteiger partial charge in [-0.3, -0.25) is 0 Å². The fraction of sp³-hybridized carbons (Fsp3) is 0.429. The summed E-state index contributed by atoms with van der Waals surface area (Å²) in [5, 5.41) is 2.42. The van der Waals surface area contributed by atoms with E-state index in [4.69, 9.17) is 10.5 Å². The van der Waals surface area contributed by atoms with Crippen LogP contribution in [-0.2, 0) is 9.16 Å². The van der Waals surface area contributed by atoms with E-state index in [9.17, 15) is 0 Å². The highest BCUT2D eigenvalue weighted by Gasteiger charge is 2.52. The maximum absolute atomic E-state index is 8.63. The molecule has 0 radical (unpaired) electrons. The molecule has 2 aromatic carbocycles. The standard InChI is InChI=1S/C21H28O2Si/c1-17-15-22-16-20(17)23-24(21(2,3)4,18-11-7-5-8-12-18)19-13-9-6-10-14-19/h5-14,17,20H,15-16H2,1-4H3/i17D. The average molecular weight is 342 g/mol. The van der Waals surface area contributed by atoms with Crippen LogP contribution in [0.5, 0.6) is 0 Å². The minimum absolute atomic E-state index is 0.0750. The first-order valence-electron chi connectivity index (χ1n) is 9.14. The van der Waals surface area contributed by atoms with E-state index >= 15 is 0 Å². The van der Waals surface area contributed by atoms with Crippen molar-refractivity contribution in [1.29, 1.82) is 0 Å². The molecule has 2 nitrogen and oxygen atoms in total. The first-order chi connectivity index (χ1) is 11.8. The van der Waals surface area contributed by atoms with E-state index in [1.165, 1.54) is 10.4 Å². The van der Waals surface area contributed by atoms with Crippen molar-refractivity contribution in [2.45, 2.75) is 38.8 Å². The second-order valence-electron chi connectivity index (χ2n) is 7.63. The molecule has 0 spiro atoms. The lowest BCUT2D eigenvalue weighted by Gasteiger charge is -2.45. The molecule has 128 valence electrons. The van der Waals surface area contributed by atoms with E-state index in [2.05, 4.69) is 69.3 Å². The lowest BCUT2D eigenvalue weighted by Crippen LogP contribution is -2.68. The van der Waals surface area contributed by atoms with Gasteiger partial charge in [0.2, 0.25) is 0 Å². The second-order valence-corrected chi connectivity index (χ2v) is 11.9. The van der Waals surface area contributed by atoms with Gasteiger partial charge in [0.05, 0.1) is 19.3 Å². The van der Waals surface area contributed by atoms with Gasteiger partial charge in [0.1, 0.15) is 0 Å². The van der Waals surface area contributed by atoms with Crippen molar-refractivity contribution in [2.75, 3.05) is 13.2 Å². The summed E-state index contributed by atoms with van der Waals surface area (Å²) < 4.78 is 21.2. The molecule has 0 aromatic heterocycles. The zero-order valence-corrected chi connectivity index (χ0v) is 16.1. The molecule has 3 rings (SSSR count). The third-order valence-corrected chi connectivity index (χ3v) is 9.93. The third kappa shape index (κ3) is 3.08. The Morgan fingerprint density at radius 1 is 0.958 bits per heavy atom. The van der Waals surface area contributed by atoms with Crippen LogP contribution in [0.3, 0.4) is 0 Å². The smallest absolute Gasteiger partial charge is 0.261 e. The lowest BCUT2D eigenvalue weighted by molar-refractivity contribution is 0.130. The normalized spacial score (nSPS) is 25.5. The molecule has 0 N–H and O–H groups in total. The summed E-state index contributed by atoms with van der Waals surface area (Å²) in [5.41, 5.74) is 0. The zero-order valence-electron chi connectivity index (χ0n) is 16.1. The minimum Gasteiger partial charge on any atom is -0.402 e. The van der Waals surface area contributed by atoms with Gasteiger partial charge in [0.15, 0.2) is 0 Å². The first-order valence-corrected chi connectivity index (χ1v) is 10.5. The van der Waals surface area contributed by atoms with Crippen molar-refractivity contribution < 1.29 is 10.5 Å². The highest BCUT2D eigenvalue weighted by Crippen LogP contribution is 2.38. The second kappa shape index (κ2) is 6.83. The largest absolute Gasteiger partial charge is 0.402 e. The van der Waals surface area contributed by atoms with Gasteiger partial charge in [-0.2, -0.15) is 0 Å². The van der Waals surface area contributed by atoms with Crippen molar-refractivity contribution in [1.82, 2.24) is 0 Å². The number of hydrogen-bond acceptors (Lipinski definition) is 2. The summed E-state index contributed by atoms with van der Waals surface area (Å²) >= 11 is 0. The molecule has 0 saturated carbocycles. The Hall–Kier alpha value is -1.42. The van der Waals surface area contributed by atoms with Gasteiger partial charge in [-0.1, -0.05) is 88.4 Å². The molecule has 1 saturated heterocycles. The maximum atomic E-state index is 8.63. The molecular formula is C21H28O2Si. The molecule has 2 atom stereocenters. The molecule has 3 heteroatoms. The van der Waals surface area contributed by atoms with Gasteiger partial charge in [-0.25, -0.2) is 0 Å². The first kappa shape index (κ1) is 16.1. The van der Waals surface area contributed by atoms with Crippen LogP contribution in [0.1, 0.15) is 29.1 Å². The van der Waals surface area contributed by atoms with E-state index in [1.54, 1.807) is 0 Å². The van der Waals surface area contributed by atoms with E-state index < -0.39 is 14.2 Å². The molecule has 0 aliphatic carbocycles. The summed E-state index contributed by atoms with van der Waals surface area (Å²) in [5.74, 6) is -0.715. The van der Waals surface area contributed by atoms with Crippen molar-refractivity contribution in [3.8, 4) is 0 Å². The van der Waals surface area contributed by atoms with E-state index in [1.807, 2.05) is 19.1 Å². The van der Waals surface area contributed by atoms with Gasteiger partial charge in [-0.05, 0) is 15.4 Å². The predicted octanol–water partition coefficient (Wildman–Crippen LogP) is 3.60.